The zero-order valence-corrected chi connectivity index (χ0v) is 18.9. The molecule has 7 heteroatoms. The van der Waals surface area contributed by atoms with Crippen LogP contribution in [0.15, 0.2) is 48.5 Å². The first-order valence-electron chi connectivity index (χ1n) is 12.1. The van der Waals surface area contributed by atoms with E-state index < -0.39 is 18.0 Å². The molecule has 2 N–H and O–H groups in total. The number of carboxylic acids is 1. The van der Waals surface area contributed by atoms with Crippen LogP contribution in [0.25, 0.3) is 11.1 Å². The summed E-state index contributed by atoms with van der Waals surface area (Å²) in [4.78, 5) is 38.6. The minimum Gasteiger partial charge on any atom is -0.481 e. The SMILES string of the molecule is O=C(NCC1CC1C(=O)N1CC(C(=O)O)C2(CC2)C1)OCC1c2ccccc2-c2ccccc21. The van der Waals surface area contributed by atoms with E-state index in [4.69, 9.17) is 4.74 Å². The lowest BCUT2D eigenvalue weighted by molar-refractivity contribution is -0.143. The van der Waals surface area contributed by atoms with E-state index in [-0.39, 0.29) is 35.7 Å². The van der Waals surface area contributed by atoms with Gasteiger partial charge in [-0.25, -0.2) is 4.79 Å². The van der Waals surface area contributed by atoms with Crippen molar-refractivity contribution < 1.29 is 24.2 Å². The highest BCUT2D eigenvalue weighted by atomic mass is 16.5. The standard InChI is InChI=1S/C27H28N2O5/c30-24(29-13-23(25(31)32)27(15-29)9-10-27)21-11-16(21)12-28-26(33)34-14-22-19-7-3-1-5-17(19)18-6-2-4-8-20(18)22/h1-8,16,21-23H,9-15H2,(H,28,33)(H,31,32). The van der Waals surface area contributed by atoms with Crippen LogP contribution in [0, 0.1) is 23.2 Å². The largest absolute Gasteiger partial charge is 0.481 e. The van der Waals surface area contributed by atoms with Crippen LogP contribution in [0.2, 0.25) is 0 Å². The van der Waals surface area contributed by atoms with E-state index in [1.54, 1.807) is 4.90 Å². The molecule has 1 spiro atoms. The molecule has 2 amide bonds. The quantitative estimate of drug-likeness (QED) is 0.688. The number of carboxylic acid groups (broad SMARTS) is 1. The number of amides is 2. The second kappa shape index (κ2) is 7.86. The van der Waals surface area contributed by atoms with Gasteiger partial charge in [0.1, 0.15) is 6.61 Å². The number of likely N-dealkylation sites (tertiary alicyclic amines) is 1. The molecular formula is C27H28N2O5. The first-order valence-corrected chi connectivity index (χ1v) is 12.1. The van der Waals surface area contributed by atoms with Crippen molar-refractivity contribution in [3.05, 3.63) is 59.7 Å². The van der Waals surface area contributed by atoms with Crippen molar-refractivity contribution in [1.82, 2.24) is 10.2 Å². The van der Waals surface area contributed by atoms with Gasteiger partial charge in [0, 0.05) is 36.9 Å². The van der Waals surface area contributed by atoms with Crippen molar-refractivity contribution >= 4 is 18.0 Å². The summed E-state index contributed by atoms with van der Waals surface area (Å²) in [5, 5.41) is 12.3. The van der Waals surface area contributed by atoms with E-state index in [1.807, 2.05) is 24.3 Å². The molecule has 176 valence electrons. The number of nitrogens with one attached hydrogen (secondary N) is 1. The maximum atomic E-state index is 12.9. The van der Waals surface area contributed by atoms with Gasteiger partial charge in [0.15, 0.2) is 0 Å². The molecular weight excluding hydrogens is 432 g/mol. The Hall–Kier alpha value is -3.35. The Labute approximate surface area is 198 Å². The number of benzene rings is 2. The first kappa shape index (κ1) is 21.2. The lowest BCUT2D eigenvalue weighted by atomic mass is 9.93. The summed E-state index contributed by atoms with van der Waals surface area (Å²) in [5.41, 5.74) is 4.52. The molecule has 3 atom stereocenters. The number of carbonyl (C=O) groups is 3. The third-order valence-electron chi connectivity index (χ3n) is 8.24. The molecule has 2 aromatic rings. The van der Waals surface area contributed by atoms with E-state index in [0.717, 1.165) is 19.3 Å². The average Bonchev–Trinajstić information content (AvgIpc) is 3.72. The number of rotatable bonds is 6. The molecule has 0 aromatic heterocycles. The lowest BCUT2D eigenvalue weighted by Crippen LogP contribution is -2.33. The molecule has 1 saturated heterocycles. The summed E-state index contributed by atoms with van der Waals surface area (Å²) >= 11 is 0. The van der Waals surface area contributed by atoms with Crippen LogP contribution in [-0.4, -0.2) is 54.2 Å². The van der Waals surface area contributed by atoms with E-state index in [2.05, 4.69) is 29.6 Å². The molecule has 7 nitrogen and oxygen atoms in total. The summed E-state index contributed by atoms with van der Waals surface area (Å²) in [6.07, 6.45) is 2.05. The Kier molecular flexibility index (Phi) is 4.90. The van der Waals surface area contributed by atoms with Crippen molar-refractivity contribution in [3.63, 3.8) is 0 Å². The van der Waals surface area contributed by atoms with E-state index in [0.29, 0.717) is 19.6 Å². The first-order chi connectivity index (χ1) is 16.5. The van der Waals surface area contributed by atoms with Gasteiger partial charge in [0.05, 0.1) is 5.92 Å². The Morgan fingerprint density at radius 2 is 1.68 bits per heavy atom. The number of aliphatic carboxylic acids is 1. The lowest BCUT2D eigenvalue weighted by Gasteiger charge is -2.16. The second-order valence-electron chi connectivity index (χ2n) is 10.3. The molecule has 2 aromatic carbocycles. The van der Waals surface area contributed by atoms with Gasteiger partial charge in [-0.3, -0.25) is 9.59 Å². The number of nitrogens with zero attached hydrogens (tertiary/aromatic N) is 1. The van der Waals surface area contributed by atoms with Crippen molar-refractivity contribution in [3.8, 4) is 11.1 Å². The minimum atomic E-state index is -0.794. The number of carbonyl (C=O) groups excluding carboxylic acids is 2. The van der Waals surface area contributed by atoms with Gasteiger partial charge < -0.3 is 20.1 Å². The van der Waals surface area contributed by atoms with Gasteiger partial charge in [0.2, 0.25) is 5.91 Å². The fourth-order valence-corrected chi connectivity index (χ4v) is 6.02. The number of hydrogen-bond acceptors (Lipinski definition) is 4. The fraction of sp³-hybridized carbons (Fsp3) is 0.444. The van der Waals surface area contributed by atoms with Crippen LogP contribution in [0.3, 0.4) is 0 Å². The molecule has 3 unspecified atom stereocenters. The van der Waals surface area contributed by atoms with Gasteiger partial charge in [0.25, 0.3) is 0 Å². The van der Waals surface area contributed by atoms with Gasteiger partial charge in [-0.2, -0.15) is 0 Å². The van der Waals surface area contributed by atoms with Crippen LogP contribution in [-0.2, 0) is 14.3 Å². The summed E-state index contributed by atoms with van der Waals surface area (Å²) in [6.45, 7) is 1.54. The Morgan fingerprint density at radius 1 is 1.03 bits per heavy atom. The van der Waals surface area contributed by atoms with Gasteiger partial charge in [-0.05, 0) is 47.4 Å². The fourth-order valence-electron chi connectivity index (χ4n) is 6.02. The van der Waals surface area contributed by atoms with Crippen LogP contribution >= 0.6 is 0 Å². The van der Waals surface area contributed by atoms with Crippen molar-refractivity contribution in [2.45, 2.75) is 25.2 Å². The van der Waals surface area contributed by atoms with Crippen LogP contribution in [0.5, 0.6) is 0 Å². The van der Waals surface area contributed by atoms with Crippen molar-refractivity contribution in [2.75, 3.05) is 26.2 Å². The molecule has 1 aliphatic heterocycles. The highest BCUT2D eigenvalue weighted by Gasteiger charge is 2.60. The Balaban J connectivity index is 0.997. The number of alkyl carbamates (subject to hydrolysis) is 1. The Bertz CT molecular complexity index is 1130. The predicted molar refractivity (Wildman–Crippen MR) is 124 cm³/mol. The summed E-state index contributed by atoms with van der Waals surface area (Å²) in [5.74, 6) is -1.22. The highest BCUT2D eigenvalue weighted by molar-refractivity contribution is 5.84. The smallest absolute Gasteiger partial charge is 0.407 e. The van der Waals surface area contributed by atoms with E-state index in [9.17, 15) is 19.5 Å². The van der Waals surface area contributed by atoms with Crippen LogP contribution in [0.4, 0.5) is 4.79 Å². The van der Waals surface area contributed by atoms with Gasteiger partial charge >= 0.3 is 12.1 Å². The van der Waals surface area contributed by atoms with Crippen molar-refractivity contribution in [2.24, 2.45) is 23.2 Å². The second-order valence-corrected chi connectivity index (χ2v) is 10.3. The zero-order valence-electron chi connectivity index (χ0n) is 18.9. The van der Waals surface area contributed by atoms with E-state index >= 15 is 0 Å². The summed E-state index contributed by atoms with van der Waals surface area (Å²) < 4.78 is 5.58. The molecule has 1 heterocycles. The topological polar surface area (TPSA) is 95.9 Å². The van der Waals surface area contributed by atoms with Gasteiger partial charge in [-0.1, -0.05) is 48.5 Å². The third-order valence-corrected chi connectivity index (χ3v) is 8.24. The molecule has 3 fully saturated rings. The van der Waals surface area contributed by atoms with Crippen LogP contribution < -0.4 is 5.32 Å². The molecule has 6 rings (SSSR count). The van der Waals surface area contributed by atoms with Crippen molar-refractivity contribution in [1.29, 1.82) is 0 Å². The monoisotopic (exact) mass is 460 g/mol. The molecule has 34 heavy (non-hydrogen) atoms. The normalized spacial score (nSPS) is 25.5. The van der Waals surface area contributed by atoms with Crippen LogP contribution in [0.1, 0.15) is 36.3 Å². The summed E-state index contributed by atoms with van der Waals surface area (Å²) in [7, 11) is 0. The Morgan fingerprint density at radius 3 is 2.26 bits per heavy atom. The number of ether oxygens (including phenoxy) is 1. The molecule has 4 aliphatic rings. The minimum absolute atomic E-state index is 0.0143. The molecule has 3 aliphatic carbocycles. The number of fused-ring (bicyclic) bond motifs is 3. The zero-order chi connectivity index (χ0) is 23.4. The molecule has 2 saturated carbocycles. The maximum absolute atomic E-state index is 12.9. The third kappa shape index (κ3) is 3.54. The molecule has 0 radical (unpaired) electrons. The predicted octanol–water partition coefficient (Wildman–Crippen LogP) is 3.48. The van der Waals surface area contributed by atoms with Gasteiger partial charge in [-0.15, -0.1) is 0 Å². The highest BCUT2D eigenvalue weighted by Crippen LogP contribution is 2.57. The number of hydrogen-bond donors (Lipinski definition) is 2. The summed E-state index contributed by atoms with van der Waals surface area (Å²) in [6, 6.07) is 16.4. The molecule has 0 bridgehead atoms. The maximum Gasteiger partial charge on any atom is 0.407 e. The van der Waals surface area contributed by atoms with E-state index in [1.165, 1.54) is 22.3 Å². The average molecular weight is 461 g/mol.